The molecule has 1 amide bonds. The maximum absolute atomic E-state index is 12.4. The van der Waals surface area contributed by atoms with E-state index in [1.165, 1.54) is 20.6 Å². The number of nitrogens with one attached hydrogen (secondary N) is 1. The molecule has 140 valence electrons. The minimum atomic E-state index is -3.67. The van der Waals surface area contributed by atoms with E-state index in [0.29, 0.717) is 11.5 Å². The van der Waals surface area contributed by atoms with Crippen LogP contribution in [0.5, 0.6) is 11.5 Å². The molecule has 0 bridgehead atoms. The number of amides is 1. The van der Waals surface area contributed by atoms with E-state index >= 15 is 0 Å². The Bertz CT molecular complexity index is 699. The van der Waals surface area contributed by atoms with Gasteiger partial charge in [0.2, 0.25) is 15.9 Å². The van der Waals surface area contributed by atoms with Gasteiger partial charge in [0.1, 0.15) is 18.0 Å². The Kier molecular flexibility index (Phi) is 6.52. The summed E-state index contributed by atoms with van der Waals surface area (Å²) in [5.74, 6) is 0.524. The monoisotopic (exact) mass is 370 g/mol. The third-order valence-electron chi connectivity index (χ3n) is 4.31. The predicted molar refractivity (Wildman–Crippen MR) is 96.8 cm³/mol. The minimum absolute atomic E-state index is 0.120. The van der Waals surface area contributed by atoms with Gasteiger partial charge in [0.15, 0.2) is 0 Å². The van der Waals surface area contributed by atoms with Crippen molar-refractivity contribution in [1.82, 2.24) is 5.32 Å². The molecule has 0 aliphatic heterocycles. The zero-order chi connectivity index (χ0) is 18.4. The van der Waals surface area contributed by atoms with Crippen LogP contribution in [-0.4, -0.2) is 47.4 Å². The van der Waals surface area contributed by atoms with Gasteiger partial charge in [-0.05, 0) is 25.0 Å². The smallest absolute Gasteiger partial charge is 0.240 e. The molecule has 2 rings (SSSR count). The van der Waals surface area contributed by atoms with Crippen molar-refractivity contribution in [3.63, 3.8) is 0 Å². The van der Waals surface area contributed by atoms with Crippen molar-refractivity contribution in [2.75, 3.05) is 31.3 Å². The molecule has 1 N–H and O–H groups in total. The first kappa shape index (κ1) is 19.4. The lowest BCUT2D eigenvalue weighted by Crippen LogP contribution is -2.44. The molecule has 1 fully saturated rings. The lowest BCUT2D eigenvalue weighted by molar-refractivity contribution is -0.120. The molecule has 1 saturated carbocycles. The van der Waals surface area contributed by atoms with E-state index in [9.17, 15) is 13.2 Å². The lowest BCUT2D eigenvalue weighted by Gasteiger charge is -2.27. The maximum Gasteiger partial charge on any atom is 0.240 e. The summed E-state index contributed by atoms with van der Waals surface area (Å²) in [6.07, 6.45) is 6.30. The Morgan fingerprint density at radius 1 is 1.20 bits per heavy atom. The fraction of sp³-hybridized carbons (Fsp3) is 0.588. The van der Waals surface area contributed by atoms with Crippen LogP contribution < -0.4 is 19.1 Å². The second kappa shape index (κ2) is 8.42. The Hall–Kier alpha value is -1.96. The van der Waals surface area contributed by atoms with Gasteiger partial charge in [-0.25, -0.2) is 8.42 Å². The van der Waals surface area contributed by atoms with Crippen LogP contribution in [0.15, 0.2) is 18.2 Å². The van der Waals surface area contributed by atoms with Gasteiger partial charge >= 0.3 is 0 Å². The number of nitrogens with zero attached hydrogens (tertiary/aromatic N) is 1. The fourth-order valence-corrected chi connectivity index (χ4v) is 3.88. The molecule has 7 nitrogen and oxygen atoms in total. The predicted octanol–water partition coefficient (Wildman–Crippen LogP) is 1.92. The molecular weight excluding hydrogens is 344 g/mol. The SMILES string of the molecule is COc1ccc(OC)c(N(CC(=O)NC2CCCCC2)S(C)(=O)=O)c1. The zero-order valence-corrected chi connectivity index (χ0v) is 15.8. The first-order chi connectivity index (χ1) is 11.8. The molecule has 0 saturated heterocycles. The summed E-state index contributed by atoms with van der Waals surface area (Å²) in [6, 6.07) is 4.96. The van der Waals surface area contributed by atoms with Crippen LogP contribution in [0.2, 0.25) is 0 Å². The van der Waals surface area contributed by atoms with Crippen LogP contribution >= 0.6 is 0 Å². The summed E-state index contributed by atoms with van der Waals surface area (Å²) in [5.41, 5.74) is 0.281. The maximum atomic E-state index is 12.4. The van der Waals surface area contributed by atoms with Gasteiger partial charge in [0.05, 0.1) is 26.2 Å². The standard InChI is InChI=1S/C17H26N2O5S/c1-23-14-9-10-16(24-2)15(11-14)19(25(3,21)22)12-17(20)18-13-7-5-4-6-8-13/h9-11,13H,4-8,12H2,1-3H3,(H,18,20). The van der Waals surface area contributed by atoms with Crippen LogP contribution in [0, 0.1) is 0 Å². The molecule has 0 radical (unpaired) electrons. The largest absolute Gasteiger partial charge is 0.497 e. The van der Waals surface area contributed by atoms with Crippen molar-refractivity contribution in [2.45, 2.75) is 38.1 Å². The summed E-state index contributed by atoms with van der Waals surface area (Å²) in [7, 11) is -0.730. The van der Waals surface area contributed by atoms with E-state index < -0.39 is 10.0 Å². The van der Waals surface area contributed by atoms with Gasteiger partial charge in [-0.2, -0.15) is 0 Å². The molecule has 1 aromatic carbocycles. The topological polar surface area (TPSA) is 84.9 Å². The number of hydrogen-bond acceptors (Lipinski definition) is 5. The molecule has 0 atom stereocenters. The van der Waals surface area contributed by atoms with E-state index in [4.69, 9.17) is 9.47 Å². The number of rotatable bonds is 7. The van der Waals surface area contributed by atoms with Crippen LogP contribution in [0.25, 0.3) is 0 Å². The van der Waals surface area contributed by atoms with Crippen LogP contribution in [-0.2, 0) is 14.8 Å². The van der Waals surface area contributed by atoms with Gasteiger partial charge in [0.25, 0.3) is 0 Å². The summed E-state index contributed by atoms with van der Waals surface area (Å²) in [5, 5.41) is 2.94. The Morgan fingerprint density at radius 3 is 2.44 bits per heavy atom. The van der Waals surface area contributed by atoms with Crippen molar-refractivity contribution in [3.8, 4) is 11.5 Å². The van der Waals surface area contributed by atoms with Gasteiger partial charge in [-0.15, -0.1) is 0 Å². The highest BCUT2D eigenvalue weighted by Crippen LogP contribution is 2.33. The van der Waals surface area contributed by atoms with Gasteiger partial charge in [-0.3, -0.25) is 9.10 Å². The number of anilines is 1. The van der Waals surface area contributed by atoms with E-state index in [-0.39, 0.29) is 24.2 Å². The number of methoxy groups -OCH3 is 2. The Labute approximate surface area is 149 Å². The summed E-state index contributed by atoms with van der Waals surface area (Å²) in [4.78, 5) is 12.4. The second-order valence-electron chi connectivity index (χ2n) is 6.21. The van der Waals surface area contributed by atoms with E-state index in [1.54, 1.807) is 18.2 Å². The fourth-order valence-electron chi connectivity index (χ4n) is 3.02. The molecular formula is C17H26N2O5S. The number of sulfonamides is 1. The quantitative estimate of drug-likeness (QED) is 0.793. The summed E-state index contributed by atoms with van der Waals surface area (Å²) >= 11 is 0. The molecule has 0 spiro atoms. The first-order valence-electron chi connectivity index (χ1n) is 8.34. The average Bonchev–Trinajstić information content (AvgIpc) is 2.59. The van der Waals surface area contributed by atoms with Gasteiger partial charge in [0, 0.05) is 12.1 Å². The minimum Gasteiger partial charge on any atom is -0.497 e. The Morgan fingerprint density at radius 2 is 1.88 bits per heavy atom. The number of carbonyl (C=O) groups is 1. The molecule has 25 heavy (non-hydrogen) atoms. The van der Waals surface area contributed by atoms with Crippen molar-refractivity contribution in [2.24, 2.45) is 0 Å². The van der Waals surface area contributed by atoms with Crippen molar-refractivity contribution in [3.05, 3.63) is 18.2 Å². The molecule has 0 heterocycles. The van der Waals surface area contributed by atoms with Crippen LogP contribution in [0.4, 0.5) is 5.69 Å². The summed E-state index contributed by atoms with van der Waals surface area (Å²) in [6.45, 7) is -0.293. The highest BCUT2D eigenvalue weighted by Gasteiger charge is 2.26. The highest BCUT2D eigenvalue weighted by molar-refractivity contribution is 7.92. The molecule has 1 aliphatic carbocycles. The van der Waals surface area contributed by atoms with Gasteiger partial charge < -0.3 is 14.8 Å². The number of ether oxygens (including phenoxy) is 2. The lowest BCUT2D eigenvalue weighted by atomic mass is 9.95. The number of carbonyl (C=O) groups excluding carboxylic acids is 1. The van der Waals surface area contributed by atoms with Crippen LogP contribution in [0.3, 0.4) is 0 Å². The van der Waals surface area contributed by atoms with E-state index in [0.717, 1.165) is 36.2 Å². The van der Waals surface area contributed by atoms with Crippen molar-refractivity contribution >= 4 is 21.6 Å². The van der Waals surface area contributed by atoms with Crippen molar-refractivity contribution < 1.29 is 22.7 Å². The molecule has 1 aliphatic rings. The van der Waals surface area contributed by atoms with E-state index in [1.807, 2.05) is 0 Å². The normalized spacial score (nSPS) is 15.5. The number of hydrogen-bond donors (Lipinski definition) is 1. The zero-order valence-electron chi connectivity index (χ0n) is 14.9. The van der Waals surface area contributed by atoms with Gasteiger partial charge in [-0.1, -0.05) is 19.3 Å². The van der Waals surface area contributed by atoms with Crippen LogP contribution in [0.1, 0.15) is 32.1 Å². The highest BCUT2D eigenvalue weighted by atomic mass is 32.2. The second-order valence-corrected chi connectivity index (χ2v) is 8.12. The van der Waals surface area contributed by atoms with Crippen molar-refractivity contribution in [1.29, 1.82) is 0 Å². The molecule has 1 aromatic rings. The molecule has 0 aromatic heterocycles. The Balaban J connectivity index is 2.23. The third-order valence-corrected chi connectivity index (χ3v) is 5.44. The third kappa shape index (κ3) is 5.26. The molecule has 0 unspecified atom stereocenters. The average molecular weight is 370 g/mol. The number of benzene rings is 1. The summed E-state index contributed by atoms with van der Waals surface area (Å²) < 4.78 is 36.0. The van der Waals surface area contributed by atoms with E-state index in [2.05, 4.69) is 5.32 Å². The molecule has 8 heteroatoms. The first-order valence-corrected chi connectivity index (χ1v) is 10.2.